The van der Waals surface area contributed by atoms with E-state index >= 15 is 0 Å². The molecule has 0 bridgehead atoms. The molecule has 4 rings (SSSR count). The topological polar surface area (TPSA) is 32.8 Å². The van der Waals surface area contributed by atoms with Gasteiger partial charge in [0.15, 0.2) is 0 Å². The van der Waals surface area contributed by atoms with Crippen LogP contribution in [0.3, 0.4) is 0 Å². The summed E-state index contributed by atoms with van der Waals surface area (Å²) in [5.41, 5.74) is 5.52. The normalized spacial score (nSPS) is 16.1. The predicted octanol–water partition coefficient (Wildman–Crippen LogP) is 6.47. The van der Waals surface area contributed by atoms with E-state index < -0.39 is 5.41 Å². The molecule has 0 aromatic heterocycles. The van der Waals surface area contributed by atoms with Gasteiger partial charge in [0.1, 0.15) is 0 Å². The third-order valence-electron chi connectivity index (χ3n) is 7.32. The summed E-state index contributed by atoms with van der Waals surface area (Å²) in [6, 6.07) is 27.7. The lowest BCUT2D eigenvalue weighted by Gasteiger charge is -2.37. The third-order valence-corrected chi connectivity index (χ3v) is 7.32. The number of anilines is 1. The van der Waals surface area contributed by atoms with Crippen LogP contribution >= 0.6 is 0 Å². The molecule has 3 aromatic rings. The first kappa shape index (κ1) is 26.0. The fraction of sp³-hybridized carbons (Fsp3) is 0.406. The summed E-state index contributed by atoms with van der Waals surface area (Å²) in [6.45, 7) is 13.1. The van der Waals surface area contributed by atoms with Gasteiger partial charge in [-0.3, -0.25) is 9.69 Å². The van der Waals surface area contributed by atoms with Crippen molar-refractivity contribution < 1.29 is 9.53 Å². The van der Waals surface area contributed by atoms with Crippen LogP contribution in [0.4, 0.5) is 5.69 Å². The summed E-state index contributed by atoms with van der Waals surface area (Å²) in [6.07, 6.45) is 1.63. The standard InChI is InChI=1S/C32H40N2O2/c1-25(2)36-31(35)32(4,29-11-6-5-7-12-29)18-9-19-33-20-22-34(23-21-33)30-13-8-10-28(24-30)27-16-14-26(3)15-17-27/h5-8,10-17,24-25H,9,18-23H2,1-4H3. The molecule has 0 saturated carbocycles. The summed E-state index contributed by atoms with van der Waals surface area (Å²) < 4.78 is 5.66. The van der Waals surface area contributed by atoms with Gasteiger partial charge < -0.3 is 9.64 Å². The van der Waals surface area contributed by atoms with Crippen LogP contribution in [0.2, 0.25) is 0 Å². The van der Waals surface area contributed by atoms with Gasteiger partial charge in [-0.2, -0.15) is 0 Å². The van der Waals surface area contributed by atoms with Gasteiger partial charge in [-0.05, 0) is 75.9 Å². The first-order valence-electron chi connectivity index (χ1n) is 13.3. The number of ether oxygens (including phenoxy) is 1. The van der Waals surface area contributed by atoms with Crippen molar-refractivity contribution >= 4 is 11.7 Å². The maximum atomic E-state index is 13.1. The van der Waals surface area contributed by atoms with Crippen molar-refractivity contribution in [3.05, 3.63) is 90.0 Å². The van der Waals surface area contributed by atoms with Gasteiger partial charge in [0.2, 0.25) is 0 Å². The Balaban J connectivity index is 1.32. The predicted molar refractivity (Wildman–Crippen MR) is 150 cm³/mol. The highest BCUT2D eigenvalue weighted by Crippen LogP contribution is 2.32. The van der Waals surface area contributed by atoms with Crippen LogP contribution in [0.1, 0.15) is 44.7 Å². The molecule has 0 radical (unpaired) electrons. The van der Waals surface area contributed by atoms with Crippen molar-refractivity contribution in [2.24, 2.45) is 0 Å². The molecule has 1 saturated heterocycles. The second-order valence-electron chi connectivity index (χ2n) is 10.5. The minimum absolute atomic E-state index is 0.113. The molecule has 0 amide bonds. The molecule has 0 aliphatic carbocycles. The highest BCUT2D eigenvalue weighted by atomic mass is 16.5. The Bertz CT molecular complexity index is 1120. The highest BCUT2D eigenvalue weighted by molar-refractivity contribution is 5.82. The van der Waals surface area contributed by atoms with Gasteiger partial charge in [-0.25, -0.2) is 0 Å². The lowest BCUT2D eigenvalue weighted by molar-refractivity contribution is -0.154. The van der Waals surface area contributed by atoms with E-state index in [1.54, 1.807) is 0 Å². The molecule has 1 unspecified atom stereocenters. The van der Waals surface area contributed by atoms with Crippen LogP contribution in [0.5, 0.6) is 0 Å². The molecule has 1 heterocycles. The van der Waals surface area contributed by atoms with E-state index in [2.05, 4.69) is 65.3 Å². The van der Waals surface area contributed by atoms with Gasteiger partial charge in [0, 0.05) is 31.9 Å². The van der Waals surface area contributed by atoms with Crippen molar-refractivity contribution in [1.82, 2.24) is 4.90 Å². The molecule has 3 aromatic carbocycles. The molecule has 1 atom stereocenters. The summed E-state index contributed by atoms with van der Waals surface area (Å²) >= 11 is 0. The minimum Gasteiger partial charge on any atom is -0.462 e. The summed E-state index contributed by atoms with van der Waals surface area (Å²) in [5, 5.41) is 0. The third kappa shape index (κ3) is 6.36. The Hall–Kier alpha value is -3.11. The number of hydrogen-bond donors (Lipinski definition) is 0. The maximum absolute atomic E-state index is 13.1. The smallest absolute Gasteiger partial charge is 0.316 e. The number of esters is 1. The first-order valence-corrected chi connectivity index (χ1v) is 13.3. The Morgan fingerprint density at radius 1 is 0.889 bits per heavy atom. The Labute approximate surface area is 216 Å². The van der Waals surface area contributed by atoms with E-state index in [-0.39, 0.29) is 12.1 Å². The van der Waals surface area contributed by atoms with E-state index in [1.165, 1.54) is 22.4 Å². The fourth-order valence-electron chi connectivity index (χ4n) is 5.03. The number of hydrogen-bond acceptors (Lipinski definition) is 4. The van der Waals surface area contributed by atoms with Crippen LogP contribution < -0.4 is 4.90 Å². The quantitative estimate of drug-likeness (QED) is 0.326. The van der Waals surface area contributed by atoms with Gasteiger partial charge in [-0.15, -0.1) is 0 Å². The van der Waals surface area contributed by atoms with Crippen LogP contribution in [-0.4, -0.2) is 49.7 Å². The van der Waals surface area contributed by atoms with Crippen molar-refractivity contribution in [2.45, 2.75) is 52.1 Å². The molecule has 1 aliphatic heterocycles. The van der Waals surface area contributed by atoms with Crippen LogP contribution in [0.15, 0.2) is 78.9 Å². The maximum Gasteiger partial charge on any atom is 0.316 e. The lowest BCUT2D eigenvalue weighted by atomic mass is 9.78. The van der Waals surface area contributed by atoms with E-state index in [9.17, 15) is 4.79 Å². The molecule has 36 heavy (non-hydrogen) atoms. The number of carbonyl (C=O) groups excluding carboxylic acids is 1. The molecule has 0 spiro atoms. The van der Waals surface area contributed by atoms with E-state index in [0.717, 1.165) is 51.1 Å². The zero-order valence-corrected chi connectivity index (χ0v) is 22.2. The van der Waals surface area contributed by atoms with E-state index in [0.29, 0.717) is 0 Å². The van der Waals surface area contributed by atoms with Crippen molar-refractivity contribution in [1.29, 1.82) is 0 Å². The fourth-order valence-corrected chi connectivity index (χ4v) is 5.03. The number of piperazine rings is 1. The van der Waals surface area contributed by atoms with Crippen LogP contribution in [-0.2, 0) is 14.9 Å². The molecule has 1 aliphatic rings. The summed E-state index contributed by atoms with van der Waals surface area (Å²) in [7, 11) is 0. The van der Waals surface area contributed by atoms with E-state index in [1.807, 2.05) is 51.1 Å². The number of rotatable bonds is 9. The molecule has 0 N–H and O–H groups in total. The zero-order valence-electron chi connectivity index (χ0n) is 22.2. The number of benzene rings is 3. The Morgan fingerprint density at radius 3 is 2.25 bits per heavy atom. The Kier molecular flexibility index (Phi) is 8.48. The van der Waals surface area contributed by atoms with Crippen molar-refractivity contribution in [2.75, 3.05) is 37.6 Å². The molecule has 4 nitrogen and oxygen atoms in total. The van der Waals surface area contributed by atoms with Gasteiger partial charge in [-0.1, -0.05) is 72.3 Å². The van der Waals surface area contributed by atoms with Crippen LogP contribution in [0, 0.1) is 6.92 Å². The van der Waals surface area contributed by atoms with Crippen LogP contribution in [0.25, 0.3) is 11.1 Å². The second-order valence-corrected chi connectivity index (χ2v) is 10.5. The SMILES string of the molecule is Cc1ccc(-c2cccc(N3CCN(CCCC(C)(C(=O)OC(C)C)c4ccccc4)CC3)c2)cc1. The first-order chi connectivity index (χ1) is 17.3. The van der Waals surface area contributed by atoms with E-state index in [4.69, 9.17) is 4.74 Å². The molecular weight excluding hydrogens is 444 g/mol. The highest BCUT2D eigenvalue weighted by Gasteiger charge is 2.37. The lowest BCUT2D eigenvalue weighted by Crippen LogP contribution is -2.47. The molecule has 1 fully saturated rings. The van der Waals surface area contributed by atoms with Gasteiger partial charge in [0.05, 0.1) is 11.5 Å². The van der Waals surface area contributed by atoms with Gasteiger partial charge >= 0.3 is 5.97 Å². The molecule has 4 heteroatoms. The summed E-state index contributed by atoms with van der Waals surface area (Å²) in [5.74, 6) is -0.123. The average Bonchev–Trinajstić information content (AvgIpc) is 2.89. The largest absolute Gasteiger partial charge is 0.462 e. The summed E-state index contributed by atoms with van der Waals surface area (Å²) in [4.78, 5) is 18.1. The second kappa shape index (κ2) is 11.7. The monoisotopic (exact) mass is 484 g/mol. The number of nitrogens with zero attached hydrogens (tertiary/aromatic N) is 2. The molecular formula is C32H40N2O2. The van der Waals surface area contributed by atoms with Crippen molar-refractivity contribution in [3.8, 4) is 11.1 Å². The van der Waals surface area contributed by atoms with Crippen molar-refractivity contribution in [3.63, 3.8) is 0 Å². The molecule has 190 valence electrons. The minimum atomic E-state index is -0.621. The van der Waals surface area contributed by atoms with Gasteiger partial charge in [0.25, 0.3) is 0 Å². The number of carbonyl (C=O) groups is 1. The Morgan fingerprint density at radius 2 is 1.58 bits per heavy atom. The number of aryl methyl sites for hydroxylation is 1. The average molecular weight is 485 g/mol. The zero-order chi connectivity index (χ0) is 25.5.